The number of hydrogen-bond acceptors (Lipinski definition) is 5. The van der Waals surface area contributed by atoms with Crippen LogP contribution in [0.1, 0.15) is 35.5 Å². The van der Waals surface area contributed by atoms with Crippen LogP contribution in [0.3, 0.4) is 0 Å². The fraction of sp³-hybridized carbons (Fsp3) is 0.263. The summed E-state index contributed by atoms with van der Waals surface area (Å²) in [6.45, 7) is 4.33. The van der Waals surface area contributed by atoms with Crippen molar-refractivity contribution in [3.63, 3.8) is 0 Å². The highest BCUT2D eigenvalue weighted by Crippen LogP contribution is 2.24. The second-order valence-corrected chi connectivity index (χ2v) is 6.27. The van der Waals surface area contributed by atoms with Crippen molar-refractivity contribution < 1.29 is 19.1 Å². The monoisotopic (exact) mass is 420 g/mol. The van der Waals surface area contributed by atoms with Crippen LogP contribution in [0.15, 0.2) is 47.2 Å². The molecule has 26 heavy (non-hydrogen) atoms. The van der Waals surface area contributed by atoms with Gasteiger partial charge in [0.25, 0.3) is 0 Å². The third-order valence-corrected chi connectivity index (χ3v) is 4.17. The molecule has 7 heteroatoms. The van der Waals surface area contributed by atoms with Crippen molar-refractivity contribution in [2.75, 3.05) is 13.2 Å². The Morgan fingerprint density at radius 2 is 1.77 bits per heavy atom. The molecule has 2 aromatic rings. The zero-order chi connectivity index (χ0) is 19.1. The normalized spacial score (nSPS) is 11.3. The van der Waals surface area contributed by atoms with E-state index in [2.05, 4.69) is 15.9 Å². The largest absolute Gasteiger partial charge is 0.462 e. The quantitative estimate of drug-likeness (QED) is 0.548. The number of rotatable bonds is 7. The maximum atomic E-state index is 12.3. The number of halogens is 1. The highest BCUT2D eigenvalue weighted by atomic mass is 79.9. The number of carbonyl (C=O) groups excluding carboxylic acids is 2. The summed E-state index contributed by atoms with van der Waals surface area (Å²) in [4.78, 5) is 24.6. The van der Waals surface area contributed by atoms with Gasteiger partial charge < -0.3 is 19.8 Å². The lowest BCUT2D eigenvalue weighted by atomic mass is 10.1. The summed E-state index contributed by atoms with van der Waals surface area (Å²) in [6.07, 6.45) is 2.89. The van der Waals surface area contributed by atoms with Gasteiger partial charge in [0.1, 0.15) is 0 Å². The maximum Gasteiger partial charge on any atom is 0.341 e. The standard InChI is InChI=1S/C19H21BrN2O4/c1-3-25-18(23)15-9-10-22(12-13-5-7-14(20)8-6-13)17(15)16(11-21)19(24)26-4-2/h5-11H,3-4,12,21H2,1-2H3/b16-11-. The molecule has 0 saturated heterocycles. The molecule has 0 unspecified atom stereocenters. The van der Waals surface area contributed by atoms with Crippen LogP contribution < -0.4 is 5.73 Å². The molecule has 0 bridgehead atoms. The topological polar surface area (TPSA) is 83.6 Å². The number of ether oxygens (including phenoxy) is 2. The first-order valence-electron chi connectivity index (χ1n) is 8.21. The zero-order valence-corrected chi connectivity index (χ0v) is 16.3. The van der Waals surface area contributed by atoms with Gasteiger partial charge in [-0.15, -0.1) is 0 Å². The van der Waals surface area contributed by atoms with E-state index in [0.717, 1.165) is 16.2 Å². The molecule has 2 rings (SSSR count). The van der Waals surface area contributed by atoms with Gasteiger partial charge in [0.05, 0.1) is 30.0 Å². The van der Waals surface area contributed by atoms with E-state index < -0.39 is 11.9 Å². The summed E-state index contributed by atoms with van der Waals surface area (Å²) in [6, 6.07) is 9.38. The van der Waals surface area contributed by atoms with Gasteiger partial charge in [-0.2, -0.15) is 0 Å². The maximum absolute atomic E-state index is 12.3. The Balaban J connectivity index is 2.49. The van der Waals surface area contributed by atoms with E-state index in [4.69, 9.17) is 15.2 Å². The lowest BCUT2D eigenvalue weighted by Crippen LogP contribution is -2.16. The minimum absolute atomic E-state index is 0.122. The Morgan fingerprint density at radius 1 is 1.12 bits per heavy atom. The van der Waals surface area contributed by atoms with Crippen LogP contribution in [-0.2, 0) is 20.8 Å². The molecule has 1 aromatic heterocycles. The number of aromatic nitrogens is 1. The van der Waals surface area contributed by atoms with Gasteiger partial charge >= 0.3 is 11.9 Å². The Bertz CT molecular complexity index is 809. The molecule has 0 atom stereocenters. The Hall–Kier alpha value is -2.54. The van der Waals surface area contributed by atoms with Gasteiger partial charge in [-0.3, -0.25) is 0 Å². The minimum atomic E-state index is -0.587. The fourth-order valence-electron chi connectivity index (χ4n) is 2.52. The molecule has 0 aliphatic rings. The second kappa shape index (κ2) is 9.24. The molecule has 0 amide bonds. The molecule has 1 heterocycles. The van der Waals surface area contributed by atoms with Gasteiger partial charge in [0, 0.05) is 23.4 Å². The van der Waals surface area contributed by atoms with Crippen molar-refractivity contribution in [1.29, 1.82) is 0 Å². The van der Waals surface area contributed by atoms with Crippen LogP contribution in [0.4, 0.5) is 0 Å². The number of nitrogens with two attached hydrogens (primary N) is 1. The zero-order valence-electron chi connectivity index (χ0n) is 14.7. The molecule has 1 aromatic carbocycles. The molecular weight excluding hydrogens is 400 g/mol. The SMILES string of the molecule is CCOC(=O)/C(=C\N)c1c(C(=O)OCC)ccn1Cc1ccc(Br)cc1. The van der Waals surface area contributed by atoms with E-state index in [1.807, 2.05) is 24.3 Å². The molecule has 0 fully saturated rings. The fourth-order valence-corrected chi connectivity index (χ4v) is 2.78. The summed E-state index contributed by atoms with van der Waals surface area (Å²) in [5.74, 6) is -1.10. The van der Waals surface area contributed by atoms with Gasteiger partial charge in [0.2, 0.25) is 0 Å². The van der Waals surface area contributed by atoms with E-state index in [1.165, 1.54) is 0 Å². The summed E-state index contributed by atoms with van der Waals surface area (Å²) in [7, 11) is 0. The van der Waals surface area contributed by atoms with E-state index in [-0.39, 0.29) is 24.4 Å². The van der Waals surface area contributed by atoms with Crippen LogP contribution >= 0.6 is 15.9 Å². The van der Waals surface area contributed by atoms with Crippen molar-refractivity contribution in [2.24, 2.45) is 5.73 Å². The highest BCUT2D eigenvalue weighted by Gasteiger charge is 2.25. The third kappa shape index (κ3) is 4.54. The number of benzene rings is 1. The summed E-state index contributed by atoms with van der Waals surface area (Å²) < 4.78 is 12.9. The molecule has 2 N–H and O–H groups in total. The van der Waals surface area contributed by atoms with Gasteiger partial charge in [0.15, 0.2) is 0 Å². The first-order chi connectivity index (χ1) is 12.5. The van der Waals surface area contributed by atoms with Crippen LogP contribution in [0, 0.1) is 0 Å². The molecule has 0 aliphatic carbocycles. The minimum Gasteiger partial charge on any atom is -0.462 e. The lowest BCUT2D eigenvalue weighted by Gasteiger charge is -2.14. The highest BCUT2D eigenvalue weighted by molar-refractivity contribution is 9.10. The van der Waals surface area contributed by atoms with Gasteiger partial charge in [-0.25, -0.2) is 9.59 Å². The Labute approximate surface area is 160 Å². The molecule has 6 nitrogen and oxygen atoms in total. The summed E-state index contributed by atoms with van der Waals surface area (Å²) in [5.41, 5.74) is 7.46. The van der Waals surface area contributed by atoms with E-state index in [1.54, 1.807) is 30.7 Å². The van der Waals surface area contributed by atoms with Crippen LogP contribution in [-0.4, -0.2) is 29.7 Å². The van der Waals surface area contributed by atoms with E-state index >= 15 is 0 Å². The number of carbonyl (C=O) groups is 2. The average Bonchev–Trinajstić information content (AvgIpc) is 3.02. The van der Waals surface area contributed by atoms with E-state index in [9.17, 15) is 9.59 Å². The molecule has 0 aliphatic heterocycles. The van der Waals surface area contributed by atoms with Crippen LogP contribution in [0.2, 0.25) is 0 Å². The van der Waals surface area contributed by atoms with Gasteiger partial charge in [-0.05, 0) is 37.6 Å². The van der Waals surface area contributed by atoms with E-state index in [0.29, 0.717) is 12.2 Å². The molecular formula is C19H21BrN2O4. The lowest BCUT2D eigenvalue weighted by molar-refractivity contribution is -0.136. The predicted molar refractivity (Wildman–Crippen MR) is 102 cm³/mol. The molecule has 0 spiro atoms. The third-order valence-electron chi connectivity index (χ3n) is 3.64. The van der Waals surface area contributed by atoms with Crippen molar-refractivity contribution in [3.05, 3.63) is 64.0 Å². The van der Waals surface area contributed by atoms with Crippen LogP contribution in [0.25, 0.3) is 5.57 Å². The van der Waals surface area contributed by atoms with Crippen molar-refractivity contribution >= 4 is 33.4 Å². The number of hydrogen-bond donors (Lipinski definition) is 1. The van der Waals surface area contributed by atoms with Crippen molar-refractivity contribution in [1.82, 2.24) is 4.57 Å². The molecule has 0 radical (unpaired) electrons. The summed E-state index contributed by atoms with van der Waals surface area (Å²) >= 11 is 3.40. The van der Waals surface area contributed by atoms with Crippen LogP contribution in [0.5, 0.6) is 0 Å². The Morgan fingerprint density at radius 3 is 2.35 bits per heavy atom. The van der Waals surface area contributed by atoms with Crippen molar-refractivity contribution in [3.8, 4) is 0 Å². The number of esters is 2. The molecule has 138 valence electrons. The first-order valence-corrected chi connectivity index (χ1v) is 9.01. The molecule has 0 saturated carbocycles. The first kappa shape index (κ1) is 19.8. The van der Waals surface area contributed by atoms with Gasteiger partial charge in [-0.1, -0.05) is 28.1 Å². The summed E-state index contributed by atoms with van der Waals surface area (Å²) in [5, 5.41) is 0. The average molecular weight is 421 g/mol. The predicted octanol–water partition coefficient (Wildman–Crippen LogP) is 3.34. The Kier molecular flexibility index (Phi) is 7.03. The van der Waals surface area contributed by atoms with Crippen molar-refractivity contribution in [2.45, 2.75) is 20.4 Å². The second-order valence-electron chi connectivity index (χ2n) is 5.35. The number of nitrogens with zero attached hydrogens (tertiary/aromatic N) is 1. The smallest absolute Gasteiger partial charge is 0.341 e.